The summed E-state index contributed by atoms with van der Waals surface area (Å²) in [6, 6.07) is 0. The smallest absolute Gasteiger partial charge is 0.315 e. The van der Waals surface area contributed by atoms with E-state index in [0.717, 1.165) is 12.8 Å². The highest BCUT2D eigenvalue weighted by Crippen LogP contribution is 2.78. The van der Waals surface area contributed by atoms with Gasteiger partial charge in [-0.25, -0.2) is 0 Å². The van der Waals surface area contributed by atoms with E-state index in [0.29, 0.717) is 25.7 Å². The van der Waals surface area contributed by atoms with Crippen molar-refractivity contribution in [2.24, 2.45) is 34.5 Å². The van der Waals surface area contributed by atoms with Crippen molar-refractivity contribution >= 4 is 11.9 Å². The number of fused-ring (bicyclic) bond motifs is 1. The van der Waals surface area contributed by atoms with E-state index in [1.54, 1.807) is 6.92 Å². The van der Waals surface area contributed by atoms with E-state index >= 15 is 0 Å². The molecule has 5 aliphatic rings. The molecular weight excluding hydrogens is 324 g/mol. The lowest BCUT2D eigenvalue weighted by Crippen LogP contribution is -2.53. The van der Waals surface area contributed by atoms with Crippen molar-refractivity contribution in [2.45, 2.75) is 69.7 Å². The van der Waals surface area contributed by atoms with E-state index < -0.39 is 51.9 Å². The van der Waals surface area contributed by atoms with Crippen LogP contribution >= 0.6 is 0 Å². The fourth-order valence-corrected chi connectivity index (χ4v) is 8.08. The van der Waals surface area contributed by atoms with Gasteiger partial charge in [0.15, 0.2) is 0 Å². The van der Waals surface area contributed by atoms with Gasteiger partial charge in [0.25, 0.3) is 0 Å². The van der Waals surface area contributed by atoms with Crippen LogP contribution in [0.25, 0.3) is 0 Å². The summed E-state index contributed by atoms with van der Waals surface area (Å²) in [7, 11) is 0. The van der Waals surface area contributed by atoms with Crippen LogP contribution in [0.1, 0.15) is 52.4 Å². The van der Waals surface area contributed by atoms with E-state index in [4.69, 9.17) is 4.74 Å². The number of esters is 1. The predicted octanol–water partition coefficient (Wildman–Crippen LogP) is 1.33. The Morgan fingerprint density at radius 3 is 2.64 bits per heavy atom. The fourth-order valence-electron chi connectivity index (χ4n) is 8.08. The van der Waals surface area contributed by atoms with Gasteiger partial charge in [-0.15, -0.1) is 0 Å². The van der Waals surface area contributed by atoms with Crippen LogP contribution in [0.5, 0.6) is 0 Å². The van der Waals surface area contributed by atoms with Gasteiger partial charge in [0, 0.05) is 11.8 Å². The average Bonchev–Trinajstić information content (AvgIpc) is 2.95. The summed E-state index contributed by atoms with van der Waals surface area (Å²) in [6.45, 7) is 3.52. The molecule has 1 aliphatic heterocycles. The number of hydrogen-bond donors (Lipinski definition) is 3. The Kier molecular flexibility index (Phi) is 2.71. The van der Waals surface area contributed by atoms with Crippen molar-refractivity contribution < 1.29 is 29.6 Å². The molecule has 0 unspecified atom stereocenters. The Bertz CT molecular complexity index is 687. The maximum atomic E-state index is 12.7. The number of hydrogen-bond acceptors (Lipinski definition) is 5. The Morgan fingerprint density at radius 2 is 1.96 bits per heavy atom. The van der Waals surface area contributed by atoms with Gasteiger partial charge in [-0.2, -0.15) is 0 Å². The summed E-state index contributed by atoms with van der Waals surface area (Å²) in [5.74, 6) is -2.53. The number of aliphatic carboxylic acids is 1. The third-order valence-electron chi connectivity index (χ3n) is 8.90. The lowest BCUT2D eigenvalue weighted by atomic mass is 9.59. The van der Waals surface area contributed by atoms with E-state index in [9.17, 15) is 24.9 Å². The molecule has 0 aromatic heterocycles. The van der Waals surface area contributed by atoms with E-state index in [-0.39, 0.29) is 11.8 Å². The molecular formula is C19H26O6. The molecule has 4 saturated carbocycles. The highest BCUT2D eigenvalue weighted by Gasteiger charge is 2.84. The monoisotopic (exact) mass is 350 g/mol. The first-order valence-corrected chi connectivity index (χ1v) is 9.46. The number of carbonyl (C=O) groups excluding carboxylic acids is 1. The standard InChI is InChI=1S/C19H26O6/c1-16(24)8-18-7-9(16)3-4-10(18)19-6-5-11(20)17(2,15(23)25-19)13(19)12(18)14(21)22/h9-13,20,24H,3-8H2,1-2H3,(H,21,22)/t9-,10-,11+,12-,13-,16-,17+,18-,19-/m1/s1. The number of aliphatic hydroxyl groups excluding tert-OH is 1. The zero-order chi connectivity index (χ0) is 18.0. The maximum Gasteiger partial charge on any atom is 0.315 e. The van der Waals surface area contributed by atoms with Crippen LogP contribution in [-0.2, 0) is 14.3 Å². The molecule has 5 fully saturated rings. The lowest BCUT2D eigenvalue weighted by Gasteiger charge is -2.44. The number of aliphatic hydroxyl groups is 2. The molecule has 6 nitrogen and oxygen atoms in total. The molecule has 0 amide bonds. The Balaban J connectivity index is 1.74. The van der Waals surface area contributed by atoms with Crippen molar-refractivity contribution in [2.75, 3.05) is 0 Å². The molecule has 0 aromatic rings. The van der Waals surface area contributed by atoms with Gasteiger partial charge < -0.3 is 20.1 Å². The first kappa shape index (κ1) is 16.1. The summed E-state index contributed by atoms with van der Waals surface area (Å²) >= 11 is 0. The van der Waals surface area contributed by atoms with Gasteiger partial charge in [0.2, 0.25) is 0 Å². The van der Waals surface area contributed by atoms with Crippen LogP contribution in [0.3, 0.4) is 0 Å². The van der Waals surface area contributed by atoms with E-state index in [1.165, 1.54) is 0 Å². The minimum atomic E-state index is -1.16. The molecule has 1 heterocycles. The highest BCUT2D eigenvalue weighted by molar-refractivity contribution is 5.85. The second-order valence-electron chi connectivity index (χ2n) is 9.77. The molecule has 6 heteroatoms. The number of ether oxygens (including phenoxy) is 1. The Morgan fingerprint density at radius 1 is 1.24 bits per heavy atom. The van der Waals surface area contributed by atoms with Gasteiger partial charge in [-0.3, -0.25) is 9.59 Å². The molecule has 138 valence electrons. The molecule has 1 saturated heterocycles. The van der Waals surface area contributed by atoms with Crippen molar-refractivity contribution in [1.29, 1.82) is 0 Å². The van der Waals surface area contributed by atoms with Crippen LogP contribution in [0.4, 0.5) is 0 Å². The molecule has 0 aromatic carbocycles. The normalized spacial score (nSPS) is 61.6. The van der Waals surface area contributed by atoms with Gasteiger partial charge >= 0.3 is 11.9 Å². The molecule has 9 atom stereocenters. The SMILES string of the molecule is C[C@]12C(=O)O[C@]3(CC[C@@H]1O)[C@@H]1CC[C@@H]4C[C@]1(C[C@@]4(C)O)[C@@H](C(=O)O)[C@@H]32. The number of rotatable bonds is 1. The molecule has 0 radical (unpaired) electrons. The molecule has 4 aliphatic carbocycles. The molecule has 25 heavy (non-hydrogen) atoms. The highest BCUT2D eigenvalue weighted by atomic mass is 16.6. The van der Waals surface area contributed by atoms with Crippen molar-refractivity contribution in [1.82, 2.24) is 0 Å². The van der Waals surface area contributed by atoms with Crippen molar-refractivity contribution in [3.8, 4) is 0 Å². The molecule has 4 bridgehead atoms. The van der Waals surface area contributed by atoms with Crippen molar-refractivity contribution in [3.63, 3.8) is 0 Å². The fraction of sp³-hybridized carbons (Fsp3) is 0.895. The van der Waals surface area contributed by atoms with Crippen molar-refractivity contribution in [3.05, 3.63) is 0 Å². The zero-order valence-electron chi connectivity index (χ0n) is 14.7. The number of carboxylic acids is 1. The number of carbonyl (C=O) groups is 2. The molecule has 3 N–H and O–H groups in total. The van der Waals surface area contributed by atoms with Crippen LogP contribution in [0, 0.1) is 34.5 Å². The second kappa shape index (κ2) is 4.22. The summed E-state index contributed by atoms with van der Waals surface area (Å²) in [5.41, 5.74) is -3.33. The zero-order valence-corrected chi connectivity index (χ0v) is 14.7. The first-order valence-electron chi connectivity index (χ1n) is 9.46. The minimum Gasteiger partial charge on any atom is -0.481 e. The number of carboxylic acid groups (broad SMARTS) is 1. The summed E-state index contributed by atoms with van der Waals surface area (Å²) in [5, 5.41) is 31.7. The Hall–Kier alpha value is -1.14. The van der Waals surface area contributed by atoms with Crippen LogP contribution in [0.2, 0.25) is 0 Å². The van der Waals surface area contributed by atoms with Crippen LogP contribution in [0.15, 0.2) is 0 Å². The quantitative estimate of drug-likeness (QED) is 0.617. The predicted molar refractivity (Wildman–Crippen MR) is 85.3 cm³/mol. The lowest BCUT2D eigenvalue weighted by molar-refractivity contribution is -0.162. The van der Waals surface area contributed by atoms with Crippen LogP contribution < -0.4 is 0 Å². The van der Waals surface area contributed by atoms with Gasteiger partial charge in [-0.05, 0) is 63.7 Å². The van der Waals surface area contributed by atoms with Gasteiger partial charge in [-0.1, -0.05) is 0 Å². The van der Waals surface area contributed by atoms with E-state index in [1.807, 2.05) is 6.92 Å². The molecule has 5 rings (SSSR count). The third kappa shape index (κ3) is 1.48. The first-order chi connectivity index (χ1) is 11.6. The topological polar surface area (TPSA) is 104 Å². The average molecular weight is 350 g/mol. The Labute approximate surface area is 146 Å². The minimum absolute atomic E-state index is 0.0328. The largest absolute Gasteiger partial charge is 0.481 e. The van der Waals surface area contributed by atoms with Crippen LogP contribution in [-0.4, -0.2) is 44.6 Å². The molecule has 1 spiro atoms. The summed E-state index contributed by atoms with van der Waals surface area (Å²) in [6.07, 6.45) is 2.91. The second-order valence-corrected chi connectivity index (χ2v) is 9.77. The van der Waals surface area contributed by atoms with Gasteiger partial charge in [0.1, 0.15) is 5.60 Å². The van der Waals surface area contributed by atoms with E-state index in [2.05, 4.69) is 0 Å². The van der Waals surface area contributed by atoms with Gasteiger partial charge in [0.05, 0.1) is 23.0 Å². The maximum absolute atomic E-state index is 12.7. The summed E-state index contributed by atoms with van der Waals surface area (Å²) in [4.78, 5) is 25.2. The summed E-state index contributed by atoms with van der Waals surface area (Å²) < 4.78 is 5.99. The third-order valence-corrected chi connectivity index (χ3v) is 8.90.